The molecule has 2 rings (SSSR count). The molecule has 2 unspecified atom stereocenters. The van der Waals surface area contributed by atoms with Crippen LogP contribution in [0.2, 0.25) is 0 Å². The second-order valence-corrected chi connectivity index (χ2v) is 5.61. The minimum absolute atomic E-state index is 0.260. The van der Waals surface area contributed by atoms with Crippen molar-refractivity contribution < 1.29 is 9.84 Å². The molecule has 0 saturated carbocycles. The molecule has 0 bridgehead atoms. The molecular weight excluding hydrogens is 238 g/mol. The number of ether oxygens (including phenoxy) is 1. The standard InChI is InChI=1S/C16H25NO2/c1-12-6-8-17(2)14(7-9-18)10-13-4-5-15(19-3)11-16(12)13/h4-5,11-12,14,18H,6-10H2,1-3H3. The van der Waals surface area contributed by atoms with E-state index in [0.717, 1.165) is 31.6 Å². The summed E-state index contributed by atoms with van der Waals surface area (Å²) in [6.07, 6.45) is 3.01. The van der Waals surface area contributed by atoms with E-state index in [0.29, 0.717) is 12.0 Å². The summed E-state index contributed by atoms with van der Waals surface area (Å²) < 4.78 is 5.35. The van der Waals surface area contributed by atoms with Crippen molar-refractivity contribution in [3.05, 3.63) is 29.3 Å². The van der Waals surface area contributed by atoms with Crippen molar-refractivity contribution in [1.29, 1.82) is 0 Å². The number of hydrogen-bond acceptors (Lipinski definition) is 3. The molecule has 0 amide bonds. The van der Waals surface area contributed by atoms with Gasteiger partial charge in [0.25, 0.3) is 0 Å². The fraction of sp³-hybridized carbons (Fsp3) is 0.625. The highest BCUT2D eigenvalue weighted by Crippen LogP contribution is 2.31. The topological polar surface area (TPSA) is 32.7 Å². The lowest BCUT2D eigenvalue weighted by Gasteiger charge is -2.33. The molecule has 19 heavy (non-hydrogen) atoms. The summed E-state index contributed by atoms with van der Waals surface area (Å²) in [6, 6.07) is 6.85. The van der Waals surface area contributed by atoms with Gasteiger partial charge in [0.05, 0.1) is 7.11 Å². The van der Waals surface area contributed by atoms with E-state index in [1.165, 1.54) is 11.1 Å². The Morgan fingerprint density at radius 2 is 2.21 bits per heavy atom. The number of hydrogen-bond donors (Lipinski definition) is 1. The van der Waals surface area contributed by atoms with Gasteiger partial charge in [-0.15, -0.1) is 0 Å². The Balaban J connectivity index is 2.31. The van der Waals surface area contributed by atoms with Gasteiger partial charge in [-0.1, -0.05) is 13.0 Å². The van der Waals surface area contributed by atoms with Gasteiger partial charge in [0.15, 0.2) is 0 Å². The van der Waals surface area contributed by atoms with Crippen molar-refractivity contribution in [2.75, 3.05) is 27.3 Å². The molecule has 0 aliphatic carbocycles. The van der Waals surface area contributed by atoms with E-state index in [1.54, 1.807) is 7.11 Å². The summed E-state index contributed by atoms with van der Waals surface area (Å²) in [5, 5.41) is 9.23. The smallest absolute Gasteiger partial charge is 0.119 e. The Morgan fingerprint density at radius 1 is 1.42 bits per heavy atom. The molecule has 1 aromatic rings. The van der Waals surface area contributed by atoms with Crippen molar-refractivity contribution in [3.8, 4) is 5.75 Å². The fourth-order valence-electron chi connectivity index (χ4n) is 2.96. The fourth-order valence-corrected chi connectivity index (χ4v) is 2.96. The zero-order valence-electron chi connectivity index (χ0n) is 12.2. The van der Waals surface area contributed by atoms with Gasteiger partial charge in [0.1, 0.15) is 5.75 Å². The second-order valence-electron chi connectivity index (χ2n) is 5.61. The van der Waals surface area contributed by atoms with E-state index in [2.05, 4.69) is 31.0 Å². The number of methoxy groups -OCH3 is 1. The number of rotatable bonds is 3. The molecule has 0 radical (unpaired) electrons. The Kier molecular flexibility index (Phi) is 4.83. The van der Waals surface area contributed by atoms with Gasteiger partial charge in [-0.2, -0.15) is 0 Å². The van der Waals surface area contributed by atoms with Crippen LogP contribution in [-0.4, -0.2) is 43.4 Å². The zero-order valence-corrected chi connectivity index (χ0v) is 12.2. The maximum absolute atomic E-state index is 9.23. The molecule has 0 spiro atoms. The van der Waals surface area contributed by atoms with Crippen LogP contribution in [0.4, 0.5) is 0 Å². The summed E-state index contributed by atoms with van der Waals surface area (Å²) in [4.78, 5) is 2.39. The average molecular weight is 263 g/mol. The highest BCUT2D eigenvalue weighted by Gasteiger charge is 2.22. The average Bonchev–Trinajstić information content (AvgIpc) is 2.43. The number of likely N-dealkylation sites (N-methyl/N-ethyl adjacent to an activating group) is 1. The van der Waals surface area contributed by atoms with Crippen molar-refractivity contribution >= 4 is 0 Å². The van der Waals surface area contributed by atoms with Gasteiger partial charge in [-0.3, -0.25) is 0 Å². The second kappa shape index (κ2) is 6.40. The molecule has 1 aliphatic rings. The zero-order chi connectivity index (χ0) is 13.8. The predicted octanol–water partition coefficient (Wildman–Crippen LogP) is 2.43. The lowest BCUT2D eigenvalue weighted by atomic mass is 9.87. The molecular formula is C16H25NO2. The van der Waals surface area contributed by atoms with Crippen molar-refractivity contribution in [1.82, 2.24) is 4.90 Å². The summed E-state index contributed by atoms with van der Waals surface area (Å²) in [6.45, 7) is 3.64. The van der Waals surface area contributed by atoms with Crippen LogP contribution in [0.1, 0.15) is 36.8 Å². The summed E-state index contributed by atoms with van der Waals surface area (Å²) in [5.74, 6) is 1.50. The molecule has 0 saturated heterocycles. The van der Waals surface area contributed by atoms with Crippen molar-refractivity contribution in [3.63, 3.8) is 0 Å². The van der Waals surface area contributed by atoms with Crippen LogP contribution in [0.15, 0.2) is 18.2 Å². The number of aliphatic hydroxyl groups is 1. The highest BCUT2D eigenvalue weighted by molar-refractivity contribution is 5.38. The predicted molar refractivity (Wildman–Crippen MR) is 77.9 cm³/mol. The maximum Gasteiger partial charge on any atom is 0.119 e. The Bertz CT molecular complexity index is 419. The molecule has 2 atom stereocenters. The van der Waals surface area contributed by atoms with Crippen molar-refractivity contribution in [2.24, 2.45) is 0 Å². The van der Waals surface area contributed by atoms with Gasteiger partial charge < -0.3 is 14.7 Å². The minimum Gasteiger partial charge on any atom is -0.497 e. The third-order valence-electron chi connectivity index (χ3n) is 4.34. The summed E-state index contributed by atoms with van der Waals surface area (Å²) in [7, 11) is 3.89. The van der Waals surface area contributed by atoms with E-state index in [1.807, 2.05) is 6.07 Å². The number of fused-ring (bicyclic) bond motifs is 1. The van der Waals surface area contributed by atoms with E-state index < -0.39 is 0 Å². The third-order valence-corrected chi connectivity index (χ3v) is 4.34. The monoisotopic (exact) mass is 263 g/mol. The molecule has 0 fully saturated rings. The minimum atomic E-state index is 0.260. The lowest BCUT2D eigenvalue weighted by molar-refractivity contribution is 0.176. The molecule has 1 heterocycles. The third kappa shape index (κ3) is 3.28. The normalized spacial score (nSPS) is 24.4. The lowest BCUT2D eigenvalue weighted by Crippen LogP contribution is -2.37. The first kappa shape index (κ1) is 14.4. The molecule has 1 N–H and O–H groups in total. The molecule has 3 heteroatoms. The van der Waals surface area contributed by atoms with E-state index in [4.69, 9.17) is 4.74 Å². The first-order chi connectivity index (χ1) is 9.15. The van der Waals surface area contributed by atoms with Gasteiger partial charge >= 0.3 is 0 Å². The van der Waals surface area contributed by atoms with Crippen LogP contribution < -0.4 is 4.74 Å². The SMILES string of the molecule is COc1ccc2c(c1)C(C)CCN(C)C(CCO)C2. The Morgan fingerprint density at radius 3 is 2.89 bits per heavy atom. The van der Waals surface area contributed by atoms with E-state index >= 15 is 0 Å². The van der Waals surface area contributed by atoms with E-state index in [9.17, 15) is 5.11 Å². The quantitative estimate of drug-likeness (QED) is 0.909. The summed E-state index contributed by atoms with van der Waals surface area (Å²) >= 11 is 0. The van der Waals surface area contributed by atoms with Gasteiger partial charge in [0.2, 0.25) is 0 Å². The van der Waals surface area contributed by atoms with Crippen LogP contribution in [0.5, 0.6) is 5.75 Å². The Labute approximate surface area is 116 Å². The molecule has 106 valence electrons. The first-order valence-electron chi connectivity index (χ1n) is 7.13. The van der Waals surface area contributed by atoms with Crippen LogP contribution in [0.3, 0.4) is 0 Å². The molecule has 1 aliphatic heterocycles. The van der Waals surface area contributed by atoms with Gasteiger partial charge in [-0.25, -0.2) is 0 Å². The van der Waals surface area contributed by atoms with Crippen LogP contribution >= 0.6 is 0 Å². The highest BCUT2D eigenvalue weighted by atomic mass is 16.5. The molecule has 3 nitrogen and oxygen atoms in total. The first-order valence-corrected chi connectivity index (χ1v) is 7.13. The Hall–Kier alpha value is -1.06. The van der Waals surface area contributed by atoms with Crippen LogP contribution in [-0.2, 0) is 6.42 Å². The van der Waals surface area contributed by atoms with Crippen LogP contribution in [0.25, 0.3) is 0 Å². The molecule has 0 aromatic heterocycles. The number of benzene rings is 1. The van der Waals surface area contributed by atoms with Gasteiger partial charge in [-0.05, 0) is 62.0 Å². The maximum atomic E-state index is 9.23. The summed E-state index contributed by atoms with van der Waals surface area (Å²) in [5.41, 5.74) is 2.81. The van der Waals surface area contributed by atoms with Gasteiger partial charge in [0, 0.05) is 12.6 Å². The number of aliphatic hydroxyl groups excluding tert-OH is 1. The van der Waals surface area contributed by atoms with E-state index in [-0.39, 0.29) is 6.61 Å². The number of nitrogens with zero attached hydrogens (tertiary/aromatic N) is 1. The van der Waals surface area contributed by atoms with Crippen molar-refractivity contribution in [2.45, 2.75) is 38.1 Å². The van der Waals surface area contributed by atoms with Crippen LogP contribution in [0, 0.1) is 0 Å². The largest absolute Gasteiger partial charge is 0.497 e. The molecule has 1 aromatic carbocycles.